The normalized spacial score (nSPS) is 12.2. The zero-order chi connectivity index (χ0) is 20.6. The summed E-state index contributed by atoms with van der Waals surface area (Å²) in [6, 6.07) is 16.5. The number of hydrogen-bond donors (Lipinski definition) is 1. The zero-order valence-electron chi connectivity index (χ0n) is 16.6. The average molecular weight is 405 g/mol. The van der Waals surface area contributed by atoms with Crippen LogP contribution in [-0.4, -0.2) is 31.1 Å². The number of amides is 2. The lowest BCUT2D eigenvalue weighted by atomic mass is 10.1. The maximum absolute atomic E-state index is 12.7. The Morgan fingerprint density at radius 1 is 1.04 bits per heavy atom. The van der Waals surface area contributed by atoms with Gasteiger partial charge in [-0.2, -0.15) is 8.42 Å². The van der Waals surface area contributed by atoms with E-state index < -0.39 is 10.1 Å². The summed E-state index contributed by atoms with van der Waals surface area (Å²) in [5, 5.41) is 2.97. The van der Waals surface area contributed by atoms with Crippen LogP contribution in [0.25, 0.3) is 0 Å². The summed E-state index contributed by atoms with van der Waals surface area (Å²) in [6.45, 7) is 6.47. The van der Waals surface area contributed by atoms with Crippen LogP contribution in [0.5, 0.6) is 5.75 Å². The molecule has 28 heavy (non-hydrogen) atoms. The third-order valence-electron chi connectivity index (χ3n) is 4.52. The molecule has 0 aromatic heterocycles. The third-order valence-corrected chi connectivity index (χ3v) is 5.68. The Morgan fingerprint density at radius 3 is 2.25 bits per heavy atom. The van der Waals surface area contributed by atoms with Crippen molar-refractivity contribution in [1.29, 1.82) is 0 Å². The van der Waals surface area contributed by atoms with Crippen LogP contribution in [0.1, 0.15) is 38.3 Å². The highest BCUT2D eigenvalue weighted by Crippen LogP contribution is 2.17. The monoisotopic (exact) mass is 404 g/mol. The second-order valence-electron chi connectivity index (χ2n) is 6.60. The molecule has 2 amide bonds. The molecule has 1 atom stereocenters. The maximum Gasteiger partial charge on any atom is 0.318 e. The minimum atomic E-state index is -3.55. The summed E-state index contributed by atoms with van der Waals surface area (Å²) in [4.78, 5) is 14.5. The van der Waals surface area contributed by atoms with Crippen molar-refractivity contribution in [3.05, 3.63) is 65.7 Å². The predicted octanol–water partition coefficient (Wildman–Crippen LogP) is 3.93. The molecular weight excluding hydrogens is 376 g/mol. The Morgan fingerprint density at radius 2 is 1.68 bits per heavy atom. The van der Waals surface area contributed by atoms with Crippen LogP contribution in [0.4, 0.5) is 4.79 Å². The Kier molecular flexibility index (Phi) is 7.87. The lowest BCUT2D eigenvalue weighted by Crippen LogP contribution is -2.44. The zero-order valence-corrected chi connectivity index (χ0v) is 17.4. The fourth-order valence-electron chi connectivity index (χ4n) is 2.58. The number of rotatable bonds is 9. The van der Waals surface area contributed by atoms with Crippen molar-refractivity contribution in [3.63, 3.8) is 0 Å². The SMILES string of the molecule is CC[C@@H](C)N(Cc1ccc(OS(=O)(=O)CC)cc1)C(=O)NCc1ccccc1. The molecule has 6 nitrogen and oxygen atoms in total. The van der Waals surface area contributed by atoms with Gasteiger partial charge in [-0.25, -0.2) is 4.79 Å². The van der Waals surface area contributed by atoms with E-state index in [-0.39, 0.29) is 23.6 Å². The molecule has 2 aromatic rings. The van der Waals surface area contributed by atoms with Crippen molar-refractivity contribution in [2.75, 3.05) is 5.75 Å². The number of nitrogens with zero attached hydrogens (tertiary/aromatic N) is 1. The predicted molar refractivity (Wildman–Crippen MR) is 111 cm³/mol. The Bertz CT molecular complexity index is 852. The maximum atomic E-state index is 12.7. The second-order valence-corrected chi connectivity index (χ2v) is 8.46. The average Bonchev–Trinajstić information content (AvgIpc) is 2.71. The molecule has 0 fully saturated rings. The highest BCUT2D eigenvalue weighted by atomic mass is 32.2. The fraction of sp³-hybridized carbons (Fsp3) is 0.381. The van der Waals surface area contributed by atoms with Crippen LogP contribution in [0.2, 0.25) is 0 Å². The molecule has 2 rings (SSSR count). The summed E-state index contributed by atoms with van der Waals surface area (Å²) >= 11 is 0. The third kappa shape index (κ3) is 6.56. The molecule has 0 aliphatic carbocycles. The van der Waals surface area contributed by atoms with E-state index in [1.807, 2.05) is 44.2 Å². The fourth-order valence-corrected chi connectivity index (χ4v) is 3.10. The van der Waals surface area contributed by atoms with Gasteiger partial charge in [-0.05, 0) is 43.5 Å². The second kappa shape index (κ2) is 10.1. The Balaban J connectivity index is 2.04. The van der Waals surface area contributed by atoms with E-state index in [2.05, 4.69) is 5.32 Å². The van der Waals surface area contributed by atoms with Crippen LogP contribution in [0, 0.1) is 0 Å². The van der Waals surface area contributed by atoms with Crippen LogP contribution >= 0.6 is 0 Å². The highest BCUT2D eigenvalue weighted by molar-refractivity contribution is 7.87. The van der Waals surface area contributed by atoms with Crippen molar-refractivity contribution < 1.29 is 17.4 Å². The molecule has 0 unspecified atom stereocenters. The van der Waals surface area contributed by atoms with Crippen LogP contribution in [0.3, 0.4) is 0 Å². The van der Waals surface area contributed by atoms with Gasteiger partial charge in [0.1, 0.15) is 5.75 Å². The lowest BCUT2D eigenvalue weighted by Gasteiger charge is -2.29. The Hall–Kier alpha value is -2.54. The van der Waals surface area contributed by atoms with E-state index in [1.54, 1.807) is 29.2 Å². The number of benzene rings is 2. The minimum Gasteiger partial charge on any atom is -0.382 e. The van der Waals surface area contributed by atoms with E-state index in [4.69, 9.17) is 4.18 Å². The number of carbonyl (C=O) groups is 1. The van der Waals surface area contributed by atoms with Crippen LogP contribution in [-0.2, 0) is 23.2 Å². The summed E-state index contributed by atoms with van der Waals surface area (Å²) in [5.74, 6) is 0.187. The molecule has 152 valence electrons. The van der Waals surface area contributed by atoms with Gasteiger partial charge in [0.05, 0.1) is 5.75 Å². The first-order chi connectivity index (χ1) is 13.3. The molecule has 0 aliphatic rings. The minimum absolute atomic E-state index is 0.0622. The molecule has 0 saturated heterocycles. The molecule has 0 heterocycles. The van der Waals surface area contributed by atoms with Gasteiger partial charge in [0.2, 0.25) is 0 Å². The van der Waals surface area contributed by atoms with Gasteiger partial charge in [0.25, 0.3) is 0 Å². The molecule has 0 radical (unpaired) electrons. The first-order valence-electron chi connectivity index (χ1n) is 9.44. The molecular formula is C21H28N2O4S. The Labute approximate surface area is 167 Å². The van der Waals surface area contributed by atoms with Gasteiger partial charge in [-0.15, -0.1) is 0 Å². The van der Waals surface area contributed by atoms with Gasteiger partial charge < -0.3 is 14.4 Å². The van der Waals surface area contributed by atoms with Gasteiger partial charge >= 0.3 is 16.1 Å². The van der Waals surface area contributed by atoms with Gasteiger partial charge in [0, 0.05) is 19.1 Å². The van der Waals surface area contributed by atoms with Crippen molar-refractivity contribution in [3.8, 4) is 5.75 Å². The smallest absolute Gasteiger partial charge is 0.318 e. The van der Waals surface area contributed by atoms with Gasteiger partial charge in [-0.3, -0.25) is 0 Å². The number of urea groups is 1. The van der Waals surface area contributed by atoms with E-state index in [0.29, 0.717) is 13.1 Å². The first kappa shape index (κ1) is 21.8. The quantitative estimate of drug-likeness (QED) is 0.643. The van der Waals surface area contributed by atoms with E-state index in [9.17, 15) is 13.2 Å². The summed E-state index contributed by atoms with van der Waals surface area (Å²) in [6.07, 6.45) is 0.828. The van der Waals surface area contributed by atoms with E-state index >= 15 is 0 Å². The first-order valence-corrected chi connectivity index (χ1v) is 11.0. The summed E-state index contributed by atoms with van der Waals surface area (Å²) in [5.41, 5.74) is 1.94. The number of hydrogen-bond acceptors (Lipinski definition) is 4. The summed E-state index contributed by atoms with van der Waals surface area (Å²) in [7, 11) is -3.55. The van der Waals surface area contributed by atoms with Crippen molar-refractivity contribution in [2.24, 2.45) is 0 Å². The molecule has 0 spiro atoms. The lowest BCUT2D eigenvalue weighted by molar-refractivity contribution is 0.173. The van der Waals surface area contributed by atoms with Crippen molar-refractivity contribution in [1.82, 2.24) is 10.2 Å². The molecule has 1 N–H and O–H groups in total. The molecule has 0 aliphatic heterocycles. The van der Waals surface area contributed by atoms with Gasteiger partial charge in [0.15, 0.2) is 0 Å². The molecule has 0 saturated carbocycles. The standard InChI is InChI=1S/C21H28N2O4S/c1-4-17(3)23(21(24)22-15-18-9-7-6-8-10-18)16-19-11-13-20(14-12-19)27-28(25,26)5-2/h6-14,17H,4-5,15-16H2,1-3H3,(H,22,24)/t17-/m1/s1. The highest BCUT2D eigenvalue weighted by Gasteiger charge is 2.19. The van der Waals surface area contributed by atoms with Crippen molar-refractivity contribution in [2.45, 2.75) is 46.3 Å². The van der Waals surface area contributed by atoms with Crippen molar-refractivity contribution >= 4 is 16.1 Å². The topological polar surface area (TPSA) is 75.7 Å². The largest absolute Gasteiger partial charge is 0.382 e. The van der Waals surface area contributed by atoms with Crippen LogP contribution in [0.15, 0.2) is 54.6 Å². The molecule has 2 aromatic carbocycles. The van der Waals surface area contributed by atoms with E-state index in [0.717, 1.165) is 17.5 Å². The number of nitrogens with one attached hydrogen (secondary N) is 1. The van der Waals surface area contributed by atoms with E-state index in [1.165, 1.54) is 6.92 Å². The molecule has 7 heteroatoms. The summed E-state index contributed by atoms with van der Waals surface area (Å²) < 4.78 is 28.1. The molecule has 0 bridgehead atoms. The number of carbonyl (C=O) groups excluding carboxylic acids is 1. The van der Waals surface area contributed by atoms with Crippen LogP contribution < -0.4 is 9.50 Å². The van der Waals surface area contributed by atoms with Gasteiger partial charge in [-0.1, -0.05) is 49.4 Å².